The van der Waals surface area contributed by atoms with Crippen LogP contribution in [0.15, 0.2) is 125 Å². The summed E-state index contributed by atoms with van der Waals surface area (Å²) in [5.41, 5.74) is 11.8. The van der Waals surface area contributed by atoms with Gasteiger partial charge in [-0.05, 0) is 139 Å². The Morgan fingerprint density at radius 2 is 1.14 bits per heavy atom. The second kappa shape index (κ2) is 16.0. The lowest BCUT2D eigenvalue weighted by atomic mass is 9.88. The molecule has 0 saturated carbocycles. The molecule has 5 aromatic rings. The summed E-state index contributed by atoms with van der Waals surface area (Å²) in [6.07, 6.45) is 5.74. The van der Waals surface area contributed by atoms with Gasteiger partial charge in [0.25, 0.3) is 20.2 Å². The number of carbonyl (C=O) groups excluding carboxylic acids is 1. The molecule has 5 aromatic carbocycles. The maximum Gasteiger partial charge on any atom is 0.355 e. The molecule has 0 unspecified atom stereocenters. The Kier molecular flexibility index (Phi) is 11.5. The number of hydrogen-bond donors (Lipinski definition) is 2. The van der Waals surface area contributed by atoms with E-state index in [9.17, 15) is 25.9 Å². The van der Waals surface area contributed by atoms with Crippen molar-refractivity contribution in [3.8, 4) is 11.5 Å². The molecule has 1 aliphatic rings. The van der Waals surface area contributed by atoms with Crippen molar-refractivity contribution in [3.05, 3.63) is 186 Å². The Labute approximate surface area is 329 Å². The van der Waals surface area contributed by atoms with Gasteiger partial charge in [0.2, 0.25) is 0 Å². The van der Waals surface area contributed by atoms with Crippen LogP contribution >= 0.6 is 0 Å². The van der Waals surface area contributed by atoms with Crippen LogP contribution in [0.5, 0.6) is 11.5 Å². The third-order valence-electron chi connectivity index (χ3n) is 10.2. The van der Waals surface area contributed by atoms with Gasteiger partial charge in [-0.2, -0.15) is 16.8 Å². The third-order valence-corrected chi connectivity index (χ3v) is 12.2. The van der Waals surface area contributed by atoms with Crippen molar-refractivity contribution in [1.82, 2.24) is 0 Å². The molecule has 0 aliphatic heterocycles. The maximum atomic E-state index is 13.1. The van der Waals surface area contributed by atoms with Crippen molar-refractivity contribution in [2.75, 3.05) is 7.11 Å². The fraction of sp³-hybridized carbons (Fsp3) is 0.196. The zero-order valence-corrected chi connectivity index (χ0v) is 34.1. The predicted octanol–water partition coefficient (Wildman–Crippen LogP) is 9.64. The molecule has 0 bridgehead atoms. The Morgan fingerprint density at radius 1 is 0.625 bits per heavy atom. The van der Waals surface area contributed by atoms with Gasteiger partial charge in [-0.3, -0.25) is 9.11 Å². The third kappa shape index (κ3) is 8.85. The van der Waals surface area contributed by atoms with E-state index in [1.54, 1.807) is 63.4 Å². The fourth-order valence-electron chi connectivity index (χ4n) is 7.59. The van der Waals surface area contributed by atoms with Crippen molar-refractivity contribution in [2.24, 2.45) is 0 Å². The van der Waals surface area contributed by atoms with E-state index >= 15 is 0 Å². The number of aryl methyl sites for hydroxylation is 5. The Bertz CT molecular complexity index is 2660. The molecule has 0 atom stereocenters. The molecule has 0 aromatic heterocycles. The van der Waals surface area contributed by atoms with Crippen LogP contribution in [0.25, 0.3) is 5.57 Å². The van der Waals surface area contributed by atoms with Crippen LogP contribution in [0.1, 0.15) is 66.8 Å². The van der Waals surface area contributed by atoms with E-state index < -0.39 is 20.2 Å². The number of ketones is 1. The summed E-state index contributed by atoms with van der Waals surface area (Å²) in [4.78, 5) is -0.403. The summed E-state index contributed by atoms with van der Waals surface area (Å²) in [6, 6.07) is 28.5. The first-order valence-electron chi connectivity index (χ1n) is 18.1. The summed E-state index contributed by atoms with van der Waals surface area (Å²) in [5, 5.41) is 0. The largest absolute Gasteiger partial charge is 0.497 e. The van der Waals surface area contributed by atoms with E-state index in [4.69, 9.17) is 9.16 Å². The van der Waals surface area contributed by atoms with E-state index in [0.717, 1.165) is 34.2 Å². The van der Waals surface area contributed by atoms with Gasteiger partial charge in [0, 0.05) is 23.8 Å². The molecule has 0 amide bonds. The van der Waals surface area contributed by atoms with Gasteiger partial charge in [-0.15, -0.1) is 0 Å². The van der Waals surface area contributed by atoms with E-state index in [0.29, 0.717) is 40.2 Å². The van der Waals surface area contributed by atoms with Crippen LogP contribution in [-0.2, 0) is 37.5 Å². The van der Waals surface area contributed by atoms with E-state index in [-0.39, 0.29) is 21.2 Å². The fourth-order valence-corrected chi connectivity index (χ4v) is 9.28. The SMILES string of the molecule is COc1ccc([O+]=C2C=CC(=C(c3ccc(Cc4c(C)cc(C)cc4C)cc3)c3ccc(Cc4c(C)cc(C)c(S(=O)(=O)O)c4C)cc3)C(S(=O)(=O)O)=C2)cc1. The topological polar surface area (TPSA) is 129 Å². The average Bonchev–Trinajstić information content (AvgIpc) is 3.12. The van der Waals surface area contributed by atoms with Crippen LogP contribution in [0.2, 0.25) is 0 Å². The van der Waals surface area contributed by atoms with E-state index in [1.165, 1.54) is 28.3 Å². The Hall–Kier alpha value is -5.39. The first-order chi connectivity index (χ1) is 26.4. The van der Waals surface area contributed by atoms with Gasteiger partial charge < -0.3 is 4.74 Å². The molecule has 0 fully saturated rings. The van der Waals surface area contributed by atoms with Crippen molar-refractivity contribution in [2.45, 2.75) is 59.3 Å². The molecule has 1 aliphatic carbocycles. The molecule has 0 saturated heterocycles. The molecule has 0 spiro atoms. The second-order valence-corrected chi connectivity index (χ2v) is 17.1. The highest BCUT2D eigenvalue weighted by Gasteiger charge is 2.29. The molecular formula is C46H45O8S2+. The predicted molar refractivity (Wildman–Crippen MR) is 222 cm³/mol. The lowest BCUT2D eigenvalue weighted by Gasteiger charge is -2.18. The quantitative estimate of drug-likeness (QED) is 0.107. The molecule has 2 N–H and O–H groups in total. The molecule has 288 valence electrons. The lowest BCUT2D eigenvalue weighted by molar-refractivity contribution is -0.364. The van der Waals surface area contributed by atoms with E-state index in [1.807, 2.05) is 55.5 Å². The standard InChI is InChI=1S/C46H44O8S2/c1-28-22-29(2)42(30(3)23-28)25-34-8-12-36(13-9-34)45(41-21-20-40(27-44(41)55(47,48)49)54-39-18-16-38(53-7)17-19-39)37-14-10-35(11-15-37)26-43-31(4)24-32(5)46(33(43)6)56(50,51)52/h8-24,27H,25-26H2,1-7H3,(H-,47,48,49,50,51,52)/p+1. The molecule has 6 rings (SSSR count). The summed E-state index contributed by atoms with van der Waals surface area (Å²) < 4.78 is 82.5. The minimum atomic E-state index is -4.75. The van der Waals surface area contributed by atoms with Gasteiger partial charge in [0.05, 0.1) is 18.1 Å². The van der Waals surface area contributed by atoms with Crippen LogP contribution in [0.3, 0.4) is 0 Å². The van der Waals surface area contributed by atoms with Crippen LogP contribution in [-0.4, -0.2) is 38.8 Å². The van der Waals surface area contributed by atoms with Crippen molar-refractivity contribution in [3.63, 3.8) is 0 Å². The van der Waals surface area contributed by atoms with Crippen molar-refractivity contribution < 1.29 is 35.1 Å². The van der Waals surface area contributed by atoms with E-state index in [2.05, 4.69) is 32.9 Å². The van der Waals surface area contributed by atoms with Crippen molar-refractivity contribution in [1.29, 1.82) is 0 Å². The van der Waals surface area contributed by atoms with Gasteiger partial charge >= 0.3 is 11.5 Å². The first-order valence-corrected chi connectivity index (χ1v) is 20.9. The van der Waals surface area contributed by atoms with Crippen LogP contribution in [0, 0.1) is 41.5 Å². The van der Waals surface area contributed by atoms with Gasteiger partial charge in [-0.25, -0.2) is 4.42 Å². The second-order valence-electron chi connectivity index (χ2n) is 14.3. The minimum absolute atomic E-state index is 0.0846. The number of hydrogen-bond acceptors (Lipinski definition) is 5. The van der Waals surface area contributed by atoms with Gasteiger partial charge in [0.15, 0.2) is 0 Å². The van der Waals surface area contributed by atoms with Gasteiger partial charge in [-0.1, -0.05) is 72.3 Å². The highest BCUT2D eigenvalue weighted by Crippen LogP contribution is 2.36. The molecule has 0 heterocycles. The Balaban J connectivity index is 1.46. The highest BCUT2D eigenvalue weighted by molar-refractivity contribution is 7.90. The Morgan fingerprint density at radius 3 is 1.64 bits per heavy atom. The number of ether oxygens (including phenoxy) is 1. The summed E-state index contributed by atoms with van der Waals surface area (Å²) in [7, 11) is -7.62. The smallest absolute Gasteiger partial charge is 0.355 e. The number of benzene rings is 5. The van der Waals surface area contributed by atoms with Gasteiger partial charge in [0.1, 0.15) is 10.7 Å². The molecule has 56 heavy (non-hydrogen) atoms. The van der Waals surface area contributed by atoms with Crippen molar-refractivity contribution >= 4 is 31.6 Å². The zero-order valence-electron chi connectivity index (χ0n) is 32.5. The summed E-state index contributed by atoms with van der Waals surface area (Å²) >= 11 is 0. The van der Waals surface area contributed by atoms with Crippen LogP contribution in [0.4, 0.5) is 0 Å². The average molecular weight is 790 g/mol. The minimum Gasteiger partial charge on any atom is -0.497 e. The monoisotopic (exact) mass is 789 g/mol. The van der Waals surface area contributed by atoms with Crippen LogP contribution < -0.4 is 4.74 Å². The molecule has 10 heteroatoms. The number of methoxy groups -OCH3 is 1. The first kappa shape index (κ1) is 40.3. The number of rotatable bonds is 10. The maximum absolute atomic E-state index is 13.1. The molecule has 8 nitrogen and oxygen atoms in total. The highest BCUT2D eigenvalue weighted by atomic mass is 32.2. The molecule has 0 radical (unpaired) electrons. The molecular weight excluding hydrogens is 745 g/mol. The summed E-state index contributed by atoms with van der Waals surface area (Å²) in [6.45, 7) is 11.6. The number of allylic oxidation sites excluding steroid dienone is 4. The normalized spacial score (nSPS) is 14.9. The lowest BCUT2D eigenvalue weighted by Crippen LogP contribution is -2.12. The summed E-state index contributed by atoms with van der Waals surface area (Å²) in [5.74, 6) is 1.31. The zero-order chi connectivity index (χ0) is 40.5.